The molecule has 0 bridgehead atoms. The summed E-state index contributed by atoms with van der Waals surface area (Å²) in [6.07, 6.45) is 6.68. The third-order valence-electron chi connectivity index (χ3n) is 5.67. The van der Waals surface area contributed by atoms with Gasteiger partial charge in [0.15, 0.2) is 11.5 Å². The van der Waals surface area contributed by atoms with Gasteiger partial charge in [-0.05, 0) is 26.7 Å². The molecule has 1 aliphatic heterocycles. The number of amides is 1. The third-order valence-corrected chi connectivity index (χ3v) is 5.67. The molecule has 11 heteroatoms. The molecule has 0 saturated carbocycles. The van der Waals surface area contributed by atoms with E-state index >= 15 is 0 Å². The van der Waals surface area contributed by atoms with Crippen molar-refractivity contribution in [1.29, 1.82) is 0 Å². The van der Waals surface area contributed by atoms with E-state index in [9.17, 15) is 9.18 Å². The highest BCUT2D eigenvalue weighted by atomic mass is 19.1. The number of methoxy groups -OCH3 is 1. The summed E-state index contributed by atoms with van der Waals surface area (Å²) >= 11 is 0. The van der Waals surface area contributed by atoms with E-state index < -0.39 is 11.7 Å². The number of hydrogen-bond acceptors (Lipinski definition) is 8. The maximum atomic E-state index is 14.4. The quantitative estimate of drug-likeness (QED) is 0.459. The van der Waals surface area contributed by atoms with Gasteiger partial charge in [0.1, 0.15) is 5.56 Å². The fraction of sp³-hybridized carbons (Fsp3) is 0.478. The molecule has 0 radical (unpaired) electrons. The summed E-state index contributed by atoms with van der Waals surface area (Å²) in [5.41, 5.74) is 1.36. The molecular weight excluding hydrogens is 441 g/mol. The summed E-state index contributed by atoms with van der Waals surface area (Å²) in [5, 5.41) is 6.20. The lowest BCUT2D eigenvalue weighted by Crippen LogP contribution is -2.44. The van der Waals surface area contributed by atoms with Crippen LogP contribution in [0.2, 0.25) is 0 Å². The summed E-state index contributed by atoms with van der Waals surface area (Å²) in [5.74, 6) is -0.281. The Morgan fingerprint density at radius 2 is 2.06 bits per heavy atom. The number of carbonyl (C=O) groups is 1. The minimum absolute atomic E-state index is 0.184. The van der Waals surface area contributed by atoms with Crippen molar-refractivity contribution in [3.8, 4) is 5.88 Å². The predicted octanol–water partition coefficient (Wildman–Crippen LogP) is 2.43. The van der Waals surface area contributed by atoms with E-state index in [-0.39, 0.29) is 17.1 Å². The number of rotatable bonds is 9. The first-order chi connectivity index (χ1) is 16.5. The number of imidazole rings is 1. The van der Waals surface area contributed by atoms with Crippen molar-refractivity contribution < 1.29 is 18.7 Å². The van der Waals surface area contributed by atoms with Crippen molar-refractivity contribution in [2.75, 3.05) is 50.2 Å². The number of nitrogens with zero attached hydrogens (tertiary/aromatic N) is 5. The van der Waals surface area contributed by atoms with Gasteiger partial charge in [0, 0.05) is 57.4 Å². The van der Waals surface area contributed by atoms with Crippen LogP contribution in [0.3, 0.4) is 0 Å². The van der Waals surface area contributed by atoms with Crippen molar-refractivity contribution in [3.63, 3.8) is 0 Å². The van der Waals surface area contributed by atoms with Crippen molar-refractivity contribution in [1.82, 2.24) is 24.7 Å². The lowest BCUT2D eigenvalue weighted by atomic mass is 10.1. The zero-order chi connectivity index (χ0) is 24.1. The fourth-order valence-corrected chi connectivity index (χ4v) is 4.01. The van der Waals surface area contributed by atoms with Gasteiger partial charge in [0.05, 0.1) is 24.6 Å². The lowest BCUT2D eigenvalue weighted by Gasteiger charge is -2.32. The first-order valence-electron chi connectivity index (χ1n) is 11.4. The Kier molecular flexibility index (Phi) is 7.53. The number of aryl methyl sites for hydroxylation is 1. The highest BCUT2D eigenvalue weighted by Crippen LogP contribution is 2.23. The van der Waals surface area contributed by atoms with E-state index in [0.29, 0.717) is 36.6 Å². The molecule has 1 saturated heterocycles. The van der Waals surface area contributed by atoms with E-state index in [4.69, 9.17) is 9.47 Å². The Bertz CT molecular complexity index is 1150. The van der Waals surface area contributed by atoms with Crippen LogP contribution in [0, 0.1) is 12.7 Å². The van der Waals surface area contributed by atoms with Crippen LogP contribution in [0.15, 0.2) is 24.7 Å². The zero-order valence-electron chi connectivity index (χ0n) is 19.7. The number of piperidine rings is 1. The van der Waals surface area contributed by atoms with Gasteiger partial charge in [-0.2, -0.15) is 4.98 Å². The highest BCUT2D eigenvalue weighted by Gasteiger charge is 2.23. The number of pyridine rings is 1. The van der Waals surface area contributed by atoms with Crippen LogP contribution >= 0.6 is 0 Å². The molecule has 2 N–H and O–H groups in total. The van der Waals surface area contributed by atoms with Crippen LogP contribution in [-0.4, -0.2) is 71.3 Å². The molecule has 4 heterocycles. The number of anilines is 2. The minimum Gasteiger partial charge on any atom is -0.477 e. The van der Waals surface area contributed by atoms with Crippen LogP contribution < -0.4 is 20.3 Å². The molecule has 0 aliphatic carbocycles. The summed E-state index contributed by atoms with van der Waals surface area (Å²) in [4.78, 5) is 28.1. The molecule has 1 amide bonds. The summed E-state index contributed by atoms with van der Waals surface area (Å²) < 4.78 is 26.7. The highest BCUT2D eigenvalue weighted by molar-refractivity contribution is 6.05. The van der Waals surface area contributed by atoms with Gasteiger partial charge in [0.25, 0.3) is 5.91 Å². The van der Waals surface area contributed by atoms with E-state index in [1.165, 1.54) is 16.7 Å². The second-order valence-electron chi connectivity index (χ2n) is 8.17. The minimum atomic E-state index is -0.525. The number of ether oxygens (including phenoxy) is 2. The SMILES string of the molecule is CCOc1nc(N2CCC(NCCOC)CC2)ncc1C(=O)Nc1cc(F)c2nc(C)cn2c1. The molecule has 34 heavy (non-hydrogen) atoms. The molecule has 0 unspecified atom stereocenters. The lowest BCUT2D eigenvalue weighted by molar-refractivity contribution is 0.102. The third kappa shape index (κ3) is 5.42. The van der Waals surface area contributed by atoms with Crippen LogP contribution in [0.4, 0.5) is 16.0 Å². The molecule has 4 rings (SSSR count). The average molecular weight is 472 g/mol. The van der Waals surface area contributed by atoms with Gasteiger partial charge < -0.3 is 29.4 Å². The standard InChI is InChI=1S/C23H30FN7O3/c1-4-34-22-18(21(32)28-17-11-19(24)20-27-15(2)13-31(20)14-17)12-26-23(29-22)30-8-5-16(6-9-30)25-7-10-33-3/h11-14,16,25H,4-10H2,1-3H3,(H,28,32). The zero-order valence-corrected chi connectivity index (χ0v) is 19.7. The Hall–Kier alpha value is -3.31. The molecule has 182 valence electrons. The summed E-state index contributed by atoms with van der Waals surface area (Å²) in [6, 6.07) is 1.67. The fourth-order valence-electron chi connectivity index (χ4n) is 4.01. The normalized spacial score (nSPS) is 14.5. The topological polar surface area (TPSA) is 106 Å². The van der Waals surface area contributed by atoms with Crippen molar-refractivity contribution >= 4 is 23.2 Å². The maximum Gasteiger partial charge on any atom is 0.262 e. The maximum absolute atomic E-state index is 14.4. The summed E-state index contributed by atoms with van der Waals surface area (Å²) in [7, 11) is 1.69. The Morgan fingerprint density at radius 3 is 2.79 bits per heavy atom. The Balaban J connectivity index is 1.47. The van der Waals surface area contributed by atoms with E-state index in [1.807, 2.05) is 6.92 Å². The van der Waals surface area contributed by atoms with E-state index in [0.717, 1.165) is 32.5 Å². The molecule has 1 aliphatic rings. The largest absolute Gasteiger partial charge is 0.477 e. The number of aromatic nitrogens is 4. The van der Waals surface area contributed by atoms with E-state index in [1.54, 1.807) is 26.4 Å². The Labute approximate surface area is 197 Å². The van der Waals surface area contributed by atoms with Crippen molar-refractivity contribution in [2.45, 2.75) is 32.7 Å². The van der Waals surface area contributed by atoms with Crippen LogP contribution in [-0.2, 0) is 4.74 Å². The molecule has 0 atom stereocenters. The van der Waals surface area contributed by atoms with E-state index in [2.05, 4.69) is 30.5 Å². The molecule has 3 aromatic heterocycles. The second kappa shape index (κ2) is 10.7. The first-order valence-corrected chi connectivity index (χ1v) is 11.4. The number of nitrogens with one attached hydrogen (secondary N) is 2. The molecule has 10 nitrogen and oxygen atoms in total. The first kappa shape index (κ1) is 23.8. The molecule has 1 fully saturated rings. The van der Waals surface area contributed by atoms with Gasteiger partial charge in [0.2, 0.25) is 11.8 Å². The number of halogens is 1. The summed E-state index contributed by atoms with van der Waals surface area (Å²) in [6.45, 7) is 7.05. The monoisotopic (exact) mass is 471 g/mol. The van der Waals surface area contributed by atoms with Gasteiger partial charge in [-0.1, -0.05) is 0 Å². The van der Waals surface area contributed by atoms with Gasteiger partial charge in [-0.3, -0.25) is 4.79 Å². The Morgan fingerprint density at radius 1 is 1.26 bits per heavy atom. The number of hydrogen-bond donors (Lipinski definition) is 2. The van der Waals surface area contributed by atoms with Crippen molar-refractivity contribution in [2.24, 2.45) is 0 Å². The number of carbonyl (C=O) groups excluding carboxylic acids is 1. The second-order valence-corrected chi connectivity index (χ2v) is 8.17. The van der Waals surface area contributed by atoms with Crippen LogP contribution in [0.5, 0.6) is 5.88 Å². The van der Waals surface area contributed by atoms with Crippen LogP contribution in [0.25, 0.3) is 5.65 Å². The average Bonchev–Trinajstić information content (AvgIpc) is 3.20. The molecule has 0 spiro atoms. The van der Waals surface area contributed by atoms with Gasteiger partial charge in [-0.15, -0.1) is 0 Å². The molecular formula is C23H30FN7O3. The van der Waals surface area contributed by atoms with Crippen LogP contribution in [0.1, 0.15) is 35.8 Å². The van der Waals surface area contributed by atoms with Crippen molar-refractivity contribution in [3.05, 3.63) is 41.7 Å². The smallest absolute Gasteiger partial charge is 0.262 e. The number of fused-ring (bicyclic) bond motifs is 1. The van der Waals surface area contributed by atoms with Gasteiger partial charge >= 0.3 is 0 Å². The van der Waals surface area contributed by atoms with Gasteiger partial charge in [-0.25, -0.2) is 14.4 Å². The molecule has 0 aromatic carbocycles. The molecule has 3 aromatic rings. The predicted molar refractivity (Wildman–Crippen MR) is 126 cm³/mol.